The van der Waals surface area contributed by atoms with Crippen LogP contribution < -0.4 is 0 Å². The van der Waals surface area contributed by atoms with E-state index in [-0.39, 0.29) is 10.6 Å². The van der Waals surface area contributed by atoms with Crippen LogP contribution in [0.1, 0.15) is 5.56 Å². The number of hydrogen-bond acceptors (Lipinski definition) is 4. The van der Waals surface area contributed by atoms with Gasteiger partial charge in [-0.2, -0.15) is 8.42 Å². The molecule has 0 unspecified atom stereocenters. The van der Waals surface area contributed by atoms with Crippen molar-refractivity contribution in [1.82, 2.24) is 0 Å². The molecular weight excluding hydrogens is 356 g/mol. The van der Waals surface area contributed by atoms with Crippen LogP contribution in [0.5, 0.6) is 5.75 Å². The summed E-state index contributed by atoms with van der Waals surface area (Å²) < 4.78 is 31.0. The second kappa shape index (κ2) is 6.37. The summed E-state index contributed by atoms with van der Waals surface area (Å²) in [6, 6.07) is 17.3. The topological polar surface area (TPSA) is 63.6 Å². The van der Waals surface area contributed by atoms with Crippen molar-refractivity contribution >= 4 is 31.2 Å². The zero-order chi connectivity index (χ0) is 18.2. The average molecular weight is 376 g/mol. The van der Waals surface area contributed by atoms with E-state index in [9.17, 15) is 13.5 Å². The third kappa shape index (κ3) is 3.51. The molecule has 6 heteroatoms. The van der Waals surface area contributed by atoms with Crippen molar-refractivity contribution in [2.24, 2.45) is 0 Å². The quantitative estimate of drug-likeness (QED) is 0.723. The molecule has 0 atom stereocenters. The number of fused-ring (bicyclic) bond motifs is 1. The van der Waals surface area contributed by atoms with E-state index in [1.165, 1.54) is 0 Å². The summed E-state index contributed by atoms with van der Waals surface area (Å²) in [7, 11) is -6.01. The van der Waals surface area contributed by atoms with Gasteiger partial charge in [0.1, 0.15) is 5.75 Å². The van der Waals surface area contributed by atoms with Crippen LogP contribution in [0.15, 0.2) is 70.5 Å². The number of benzene rings is 3. The molecule has 0 spiro atoms. The van der Waals surface area contributed by atoms with E-state index in [2.05, 4.69) is 0 Å². The van der Waals surface area contributed by atoms with E-state index >= 15 is 0 Å². The Hall–Kier alpha value is -2.02. The molecule has 3 aromatic rings. The van der Waals surface area contributed by atoms with Crippen molar-refractivity contribution in [1.29, 1.82) is 0 Å². The van der Waals surface area contributed by atoms with E-state index in [0.29, 0.717) is 5.39 Å². The van der Waals surface area contributed by atoms with Crippen LogP contribution in [-0.4, -0.2) is 26.0 Å². The Balaban J connectivity index is 2.05. The van der Waals surface area contributed by atoms with Gasteiger partial charge in [-0.1, -0.05) is 52.3 Å². The van der Waals surface area contributed by atoms with Gasteiger partial charge < -0.3 is 5.11 Å². The predicted octanol–water partition coefficient (Wildman–Crippen LogP) is 4.60. The first-order chi connectivity index (χ1) is 11.7. The van der Waals surface area contributed by atoms with Crippen LogP contribution in [-0.2, 0) is 13.7 Å². The molecule has 3 rings (SSSR count). The summed E-state index contributed by atoms with van der Waals surface area (Å²) in [5.41, 5.74) is 0.982. The van der Waals surface area contributed by atoms with Crippen molar-refractivity contribution in [2.45, 2.75) is 16.7 Å². The number of aromatic hydroxyl groups is 1. The van der Waals surface area contributed by atoms with Crippen LogP contribution in [0.4, 0.5) is 0 Å². The van der Waals surface area contributed by atoms with Crippen molar-refractivity contribution in [3.05, 3.63) is 66.2 Å². The lowest BCUT2D eigenvalue weighted by molar-refractivity contribution is 0.481. The van der Waals surface area contributed by atoms with Crippen molar-refractivity contribution in [3.8, 4) is 5.75 Å². The number of aryl methyl sites for hydroxylation is 1. The maximum absolute atomic E-state index is 12.7. The van der Waals surface area contributed by atoms with Crippen molar-refractivity contribution in [2.75, 3.05) is 12.5 Å². The van der Waals surface area contributed by atoms with Gasteiger partial charge in [0.05, 0.1) is 4.90 Å². The number of phenols is 1. The molecule has 1 N–H and O–H groups in total. The van der Waals surface area contributed by atoms with Crippen LogP contribution in [0, 0.1) is 6.92 Å². The van der Waals surface area contributed by atoms with E-state index in [1.807, 2.05) is 25.1 Å². The lowest BCUT2D eigenvalue weighted by Gasteiger charge is -2.31. The molecule has 0 bridgehead atoms. The molecular formula is C19H20O4S2. The molecule has 0 fully saturated rings. The van der Waals surface area contributed by atoms with Gasteiger partial charge >= 0.3 is 10.1 Å². The summed E-state index contributed by atoms with van der Waals surface area (Å²) in [5, 5.41) is 11.5. The van der Waals surface area contributed by atoms with E-state index in [0.717, 1.165) is 15.8 Å². The third-order valence-corrected chi connectivity index (χ3v) is 8.30. The zero-order valence-electron chi connectivity index (χ0n) is 14.3. The van der Waals surface area contributed by atoms with Gasteiger partial charge in [-0.05, 0) is 49.1 Å². The molecule has 0 amide bonds. The van der Waals surface area contributed by atoms with Crippen LogP contribution in [0.3, 0.4) is 0 Å². The SMILES string of the molecule is Cc1ccc(S(=O)(=O)OS(C)(C)c2ccc(O)c3ccccc23)cc1. The molecule has 0 aliphatic carbocycles. The summed E-state index contributed by atoms with van der Waals surface area (Å²) >= 11 is 0. The lowest BCUT2D eigenvalue weighted by atomic mass is 10.1. The van der Waals surface area contributed by atoms with Crippen LogP contribution in [0.2, 0.25) is 0 Å². The van der Waals surface area contributed by atoms with Crippen molar-refractivity contribution < 1.29 is 17.2 Å². The number of hydrogen-bond donors (Lipinski definition) is 1. The first-order valence-corrected chi connectivity index (χ1v) is 11.5. The van der Waals surface area contributed by atoms with Gasteiger partial charge in [0.15, 0.2) is 0 Å². The monoisotopic (exact) mass is 376 g/mol. The predicted molar refractivity (Wildman–Crippen MR) is 103 cm³/mol. The summed E-state index contributed by atoms with van der Waals surface area (Å²) in [4.78, 5) is 0.915. The Morgan fingerprint density at radius 3 is 2.08 bits per heavy atom. The normalized spacial score (nSPS) is 13.1. The summed E-state index contributed by atoms with van der Waals surface area (Å²) in [6.45, 7) is 1.90. The zero-order valence-corrected chi connectivity index (χ0v) is 15.9. The summed E-state index contributed by atoms with van der Waals surface area (Å²) in [6.07, 6.45) is 3.58. The smallest absolute Gasteiger partial charge is 0.306 e. The number of phenolic OH excluding ortho intramolecular Hbond substituents is 1. The van der Waals surface area contributed by atoms with Crippen molar-refractivity contribution in [3.63, 3.8) is 0 Å². The second-order valence-corrected chi connectivity index (χ2v) is 11.0. The van der Waals surface area contributed by atoms with Crippen LogP contribution in [0.25, 0.3) is 10.8 Å². The van der Waals surface area contributed by atoms with Gasteiger partial charge in [-0.3, -0.25) is 0 Å². The molecule has 0 heterocycles. The second-order valence-electron chi connectivity index (χ2n) is 6.20. The van der Waals surface area contributed by atoms with Gasteiger partial charge in [0.2, 0.25) is 0 Å². The molecule has 0 aliphatic heterocycles. The molecule has 4 nitrogen and oxygen atoms in total. The lowest BCUT2D eigenvalue weighted by Crippen LogP contribution is -2.11. The minimum atomic E-state index is -3.89. The Bertz CT molecular complexity index is 1020. The largest absolute Gasteiger partial charge is 0.507 e. The average Bonchev–Trinajstić information content (AvgIpc) is 2.54. The maximum atomic E-state index is 12.7. The van der Waals surface area contributed by atoms with E-state index in [1.54, 1.807) is 55.0 Å². The molecule has 0 radical (unpaired) electrons. The van der Waals surface area contributed by atoms with Gasteiger partial charge in [-0.15, -0.1) is 0 Å². The number of rotatable bonds is 4. The Morgan fingerprint density at radius 2 is 1.44 bits per heavy atom. The first kappa shape index (κ1) is 17.8. The molecule has 0 aromatic heterocycles. The van der Waals surface area contributed by atoms with Crippen LogP contribution >= 0.6 is 10.3 Å². The van der Waals surface area contributed by atoms with Gasteiger partial charge in [0.25, 0.3) is 0 Å². The molecule has 3 aromatic carbocycles. The summed E-state index contributed by atoms with van der Waals surface area (Å²) in [5.74, 6) is 0.163. The molecule has 0 saturated heterocycles. The highest BCUT2D eigenvalue weighted by molar-refractivity contribution is 8.32. The fourth-order valence-corrected chi connectivity index (χ4v) is 6.66. The standard InChI is InChI=1S/C19H20O4S2/c1-14-8-10-15(11-9-14)25(21,22)23-24(2,3)19-13-12-18(20)16-6-4-5-7-17(16)19/h4-13,20H,1-3H3. The maximum Gasteiger partial charge on any atom is 0.306 e. The molecule has 25 heavy (non-hydrogen) atoms. The highest BCUT2D eigenvalue weighted by Crippen LogP contribution is 2.55. The Morgan fingerprint density at radius 1 is 0.840 bits per heavy atom. The molecule has 0 saturated carbocycles. The highest BCUT2D eigenvalue weighted by Gasteiger charge is 2.28. The molecule has 0 aliphatic rings. The molecule has 132 valence electrons. The third-order valence-electron chi connectivity index (χ3n) is 3.96. The Labute approximate surface area is 149 Å². The fourth-order valence-electron chi connectivity index (χ4n) is 2.69. The minimum absolute atomic E-state index is 0.141. The van der Waals surface area contributed by atoms with Gasteiger partial charge in [0, 0.05) is 10.3 Å². The highest BCUT2D eigenvalue weighted by atomic mass is 32.3. The van der Waals surface area contributed by atoms with E-state index < -0.39 is 20.4 Å². The first-order valence-electron chi connectivity index (χ1n) is 7.67. The van der Waals surface area contributed by atoms with E-state index in [4.69, 9.17) is 3.63 Å². The minimum Gasteiger partial charge on any atom is -0.507 e. The fraction of sp³-hybridized carbons (Fsp3) is 0.158. The Kier molecular flexibility index (Phi) is 4.53. The van der Waals surface area contributed by atoms with Gasteiger partial charge in [-0.25, -0.2) is 3.63 Å².